The number of aliphatic imine (C=N–C) groups is 1. The van der Waals surface area contributed by atoms with E-state index in [1.807, 2.05) is 19.2 Å². The van der Waals surface area contributed by atoms with E-state index in [0.717, 1.165) is 29.1 Å². The fourth-order valence-electron chi connectivity index (χ4n) is 2.80. The van der Waals surface area contributed by atoms with Gasteiger partial charge >= 0.3 is 0 Å². The highest BCUT2D eigenvalue weighted by molar-refractivity contribution is 5.97. The first kappa shape index (κ1) is 21.2. The molecule has 4 heteroatoms. The first-order chi connectivity index (χ1) is 13.4. The first-order valence-corrected chi connectivity index (χ1v) is 9.52. The lowest BCUT2D eigenvalue weighted by Gasteiger charge is -2.13. The maximum atomic E-state index is 7.85. The van der Waals surface area contributed by atoms with Gasteiger partial charge < -0.3 is 16.0 Å². The number of nitrogens with zero attached hydrogens (tertiary/aromatic N) is 1. The fourth-order valence-corrected chi connectivity index (χ4v) is 2.80. The van der Waals surface area contributed by atoms with Gasteiger partial charge in [0.25, 0.3) is 0 Å². The average molecular weight is 375 g/mol. The summed E-state index contributed by atoms with van der Waals surface area (Å²) in [5.41, 5.74) is 5.39. The Bertz CT molecular complexity index is 862. The molecule has 1 aromatic carbocycles. The summed E-state index contributed by atoms with van der Waals surface area (Å²) >= 11 is 0. The third-order valence-corrected chi connectivity index (χ3v) is 4.32. The summed E-state index contributed by atoms with van der Waals surface area (Å²) in [6.45, 7) is 10.2. The summed E-state index contributed by atoms with van der Waals surface area (Å²) in [7, 11) is 1.86. The number of allylic oxidation sites excluding steroid dienone is 7. The SMILES string of the molecule is C=C(/C=N\C(NC)=C1\C=CC=CC1)N/C(=C\C(C)=N)c1ccc(C(C)C)cc1. The van der Waals surface area contributed by atoms with Crippen LogP contribution in [0.25, 0.3) is 5.70 Å². The van der Waals surface area contributed by atoms with E-state index in [9.17, 15) is 0 Å². The normalized spacial score (nSPS) is 15.8. The van der Waals surface area contributed by atoms with E-state index >= 15 is 0 Å². The molecule has 0 radical (unpaired) electrons. The molecule has 0 aromatic heterocycles. The highest BCUT2D eigenvalue weighted by Gasteiger charge is 2.06. The standard InChI is InChI=1S/C24H30N4/c1-17(2)20-11-13-21(14-12-20)23(15-18(3)25)28-19(4)16-27-24(26-5)22-9-7-6-8-10-22/h6-9,11-17,25-26,28H,4,10H2,1-3,5H3/b23-15-,24-22-,25-18?,27-16-. The Morgan fingerprint density at radius 1 is 1.21 bits per heavy atom. The van der Waals surface area contributed by atoms with Crippen molar-refractivity contribution in [2.45, 2.75) is 33.1 Å². The van der Waals surface area contributed by atoms with Gasteiger partial charge in [0.15, 0.2) is 0 Å². The average Bonchev–Trinajstić information content (AvgIpc) is 2.68. The van der Waals surface area contributed by atoms with E-state index in [-0.39, 0.29) is 0 Å². The lowest BCUT2D eigenvalue weighted by atomic mass is 10.0. The summed E-state index contributed by atoms with van der Waals surface area (Å²) in [5.74, 6) is 1.30. The van der Waals surface area contributed by atoms with E-state index in [4.69, 9.17) is 5.41 Å². The summed E-state index contributed by atoms with van der Waals surface area (Å²) in [6, 6.07) is 8.39. The van der Waals surface area contributed by atoms with Crippen molar-refractivity contribution in [3.8, 4) is 0 Å². The zero-order valence-corrected chi connectivity index (χ0v) is 17.2. The minimum atomic E-state index is 0.470. The summed E-state index contributed by atoms with van der Waals surface area (Å²) < 4.78 is 0. The van der Waals surface area contributed by atoms with Crippen LogP contribution in [-0.4, -0.2) is 19.0 Å². The van der Waals surface area contributed by atoms with Crippen LogP contribution < -0.4 is 10.6 Å². The monoisotopic (exact) mass is 374 g/mol. The minimum Gasteiger partial charge on any atom is -0.373 e. The van der Waals surface area contributed by atoms with Gasteiger partial charge in [-0.25, -0.2) is 4.99 Å². The third-order valence-electron chi connectivity index (χ3n) is 4.32. The van der Waals surface area contributed by atoms with E-state index < -0.39 is 0 Å². The van der Waals surface area contributed by atoms with Gasteiger partial charge in [0.2, 0.25) is 0 Å². The predicted molar refractivity (Wildman–Crippen MR) is 122 cm³/mol. The Kier molecular flexibility index (Phi) is 7.76. The quantitative estimate of drug-likeness (QED) is 0.540. The van der Waals surface area contributed by atoms with Crippen molar-refractivity contribution >= 4 is 17.6 Å². The lowest BCUT2D eigenvalue weighted by Crippen LogP contribution is -2.14. The van der Waals surface area contributed by atoms with Crippen molar-refractivity contribution in [3.63, 3.8) is 0 Å². The highest BCUT2D eigenvalue weighted by atomic mass is 15.0. The minimum absolute atomic E-state index is 0.470. The van der Waals surface area contributed by atoms with Crippen molar-refractivity contribution in [2.75, 3.05) is 7.05 Å². The first-order valence-electron chi connectivity index (χ1n) is 9.52. The van der Waals surface area contributed by atoms with Crippen LogP contribution in [0.3, 0.4) is 0 Å². The molecule has 3 N–H and O–H groups in total. The second-order valence-corrected chi connectivity index (χ2v) is 7.04. The number of hydrogen-bond donors (Lipinski definition) is 3. The summed E-state index contributed by atoms with van der Waals surface area (Å²) in [4.78, 5) is 4.54. The van der Waals surface area contributed by atoms with Gasteiger partial charge in [-0.2, -0.15) is 0 Å². The number of nitrogens with one attached hydrogen (secondary N) is 3. The number of hydrogen-bond acceptors (Lipinski definition) is 4. The van der Waals surface area contributed by atoms with Crippen LogP contribution in [0.1, 0.15) is 44.2 Å². The highest BCUT2D eigenvalue weighted by Crippen LogP contribution is 2.19. The molecular weight excluding hydrogens is 344 g/mol. The molecule has 0 aliphatic heterocycles. The van der Waals surface area contributed by atoms with Crippen molar-refractivity contribution in [2.24, 2.45) is 4.99 Å². The molecular formula is C24H30N4. The van der Waals surface area contributed by atoms with Crippen LogP contribution in [0, 0.1) is 5.41 Å². The summed E-state index contributed by atoms with van der Waals surface area (Å²) in [5, 5.41) is 14.3. The molecule has 0 saturated carbocycles. The van der Waals surface area contributed by atoms with E-state index in [1.165, 1.54) is 5.56 Å². The molecule has 0 atom stereocenters. The maximum absolute atomic E-state index is 7.85. The van der Waals surface area contributed by atoms with Gasteiger partial charge in [0.05, 0.1) is 6.21 Å². The Morgan fingerprint density at radius 2 is 1.93 bits per heavy atom. The smallest absolute Gasteiger partial charge is 0.129 e. The molecule has 2 rings (SSSR count). The van der Waals surface area contributed by atoms with E-state index in [2.05, 4.69) is 72.5 Å². The van der Waals surface area contributed by atoms with Crippen molar-refractivity contribution in [1.29, 1.82) is 5.41 Å². The van der Waals surface area contributed by atoms with E-state index in [1.54, 1.807) is 19.2 Å². The fraction of sp³-hybridized carbons (Fsp3) is 0.250. The number of benzene rings is 1. The molecule has 0 saturated heterocycles. The Balaban J connectivity index is 2.18. The molecule has 0 amide bonds. The Labute approximate surface area is 168 Å². The maximum Gasteiger partial charge on any atom is 0.129 e. The van der Waals surface area contributed by atoms with Gasteiger partial charge in [0.1, 0.15) is 5.82 Å². The molecule has 4 nitrogen and oxygen atoms in total. The van der Waals surface area contributed by atoms with Gasteiger partial charge in [-0.05, 0) is 42.0 Å². The van der Waals surface area contributed by atoms with Gasteiger partial charge in [-0.15, -0.1) is 0 Å². The van der Waals surface area contributed by atoms with Gasteiger partial charge in [0, 0.05) is 24.2 Å². The van der Waals surface area contributed by atoms with Crippen molar-refractivity contribution in [1.82, 2.24) is 10.6 Å². The van der Waals surface area contributed by atoms with Crippen LogP contribution in [0.5, 0.6) is 0 Å². The molecule has 146 valence electrons. The second-order valence-electron chi connectivity index (χ2n) is 7.04. The van der Waals surface area contributed by atoms with Crippen molar-refractivity contribution < 1.29 is 0 Å². The molecule has 0 heterocycles. The van der Waals surface area contributed by atoms with Crippen molar-refractivity contribution in [3.05, 3.63) is 89.4 Å². The van der Waals surface area contributed by atoms with Crippen LogP contribution in [0.2, 0.25) is 0 Å². The molecule has 1 aromatic rings. The van der Waals surface area contributed by atoms with Gasteiger partial charge in [-0.3, -0.25) is 0 Å². The third kappa shape index (κ3) is 6.23. The molecule has 0 fully saturated rings. The topological polar surface area (TPSA) is 60.3 Å². The van der Waals surface area contributed by atoms with E-state index in [0.29, 0.717) is 17.3 Å². The zero-order chi connectivity index (χ0) is 20.5. The van der Waals surface area contributed by atoms with Gasteiger partial charge in [-0.1, -0.05) is 69.0 Å². The molecule has 0 spiro atoms. The molecule has 1 aliphatic rings. The molecule has 28 heavy (non-hydrogen) atoms. The van der Waals surface area contributed by atoms with Crippen LogP contribution >= 0.6 is 0 Å². The number of rotatable bonds is 8. The van der Waals surface area contributed by atoms with Crippen LogP contribution in [0.15, 0.2) is 83.3 Å². The molecule has 0 unspecified atom stereocenters. The lowest BCUT2D eigenvalue weighted by molar-refractivity contribution is 0.866. The predicted octanol–water partition coefficient (Wildman–Crippen LogP) is 5.31. The second kappa shape index (κ2) is 10.3. The zero-order valence-electron chi connectivity index (χ0n) is 17.2. The summed E-state index contributed by atoms with van der Waals surface area (Å²) in [6.07, 6.45) is 12.6. The molecule has 0 bridgehead atoms. The van der Waals surface area contributed by atoms with Crippen LogP contribution in [-0.2, 0) is 0 Å². The Hall–Kier alpha value is -3.14. The largest absolute Gasteiger partial charge is 0.373 e. The molecule has 1 aliphatic carbocycles. The van der Waals surface area contributed by atoms with Crippen LogP contribution in [0.4, 0.5) is 0 Å². The Morgan fingerprint density at radius 3 is 2.46 bits per heavy atom.